The van der Waals surface area contributed by atoms with Gasteiger partial charge in [0.05, 0.1) is 6.61 Å². The lowest BCUT2D eigenvalue weighted by Crippen LogP contribution is -2.27. The molecule has 0 aliphatic rings. The van der Waals surface area contributed by atoms with Crippen molar-refractivity contribution in [3.8, 4) is 0 Å². The fraction of sp³-hybridized carbons (Fsp3) is 0.533. The van der Waals surface area contributed by atoms with E-state index in [2.05, 4.69) is 23.5 Å². The first kappa shape index (κ1) is 17.8. The summed E-state index contributed by atoms with van der Waals surface area (Å²) in [5.74, 6) is 0.543. The van der Waals surface area contributed by atoms with E-state index in [1.54, 1.807) is 11.9 Å². The summed E-state index contributed by atoms with van der Waals surface area (Å²) in [7, 11) is 0. The lowest BCUT2D eigenvalue weighted by molar-refractivity contribution is 0.194. The number of nitrogens with zero attached hydrogens (tertiary/aromatic N) is 1. The first-order valence-corrected chi connectivity index (χ1v) is 7.88. The maximum atomic E-state index is 10.4. The molecule has 0 saturated carbocycles. The molecule has 1 rings (SSSR count). The Bertz CT molecular complexity index is 423. The minimum absolute atomic E-state index is 0.0571. The van der Waals surface area contributed by atoms with Crippen molar-refractivity contribution in [3.63, 3.8) is 0 Å². The Labute approximate surface area is 130 Å². The van der Waals surface area contributed by atoms with Gasteiger partial charge in [-0.15, -0.1) is 0 Å². The molecule has 0 bridgehead atoms. The van der Waals surface area contributed by atoms with Crippen LogP contribution in [0.1, 0.15) is 25.8 Å². The van der Waals surface area contributed by atoms with Crippen LogP contribution in [0, 0.1) is 5.92 Å². The molecule has 0 aliphatic heterocycles. The Morgan fingerprint density at radius 1 is 1.33 bits per heavy atom. The molecule has 0 heterocycles. The maximum absolute atomic E-state index is 10.4. The smallest absolute Gasteiger partial charge is 0.404 e. The first-order valence-electron chi connectivity index (χ1n) is 7.10. The lowest BCUT2D eigenvalue weighted by atomic mass is 10.2. The average Bonchev–Trinajstić information content (AvgIpc) is 2.43. The number of nitrogens with one attached hydrogen (secondary N) is 1. The van der Waals surface area contributed by atoms with Crippen LogP contribution in [-0.2, 0) is 6.61 Å². The van der Waals surface area contributed by atoms with Crippen molar-refractivity contribution in [1.29, 1.82) is 0 Å². The SMILES string of the molecule is CC(C)CN(CCCNC(=O)O)Sc1ccc(CO)cc1. The van der Waals surface area contributed by atoms with E-state index in [9.17, 15) is 4.79 Å². The van der Waals surface area contributed by atoms with Gasteiger partial charge in [0.15, 0.2) is 0 Å². The van der Waals surface area contributed by atoms with Crippen LogP contribution in [0.5, 0.6) is 0 Å². The van der Waals surface area contributed by atoms with Gasteiger partial charge in [0.2, 0.25) is 0 Å². The highest BCUT2D eigenvalue weighted by atomic mass is 32.2. The molecule has 118 valence electrons. The molecule has 0 spiro atoms. The van der Waals surface area contributed by atoms with Crippen molar-refractivity contribution in [2.24, 2.45) is 5.92 Å². The summed E-state index contributed by atoms with van der Waals surface area (Å²) in [6, 6.07) is 7.84. The number of carbonyl (C=O) groups is 1. The standard InChI is InChI=1S/C15H24N2O3S/c1-12(2)10-17(9-3-8-16-15(19)20)21-14-6-4-13(11-18)5-7-14/h4-7,12,16,18H,3,8-11H2,1-2H3,(H,19,20). The van der Waals surface area contributed by atoms with Gasteiger partial charge < -0.3 is 15.5 Å². The fourth-order valence-electron chi connectivity index (χ4n) is 1.84. The second-order valence-corrected chi connectivity index (χ2v) is 6.43. The predicted octanol–water partition coefficient (Wildman–Crippen LogP) is 2.80. The van der Waals surface area contributed by atoms with Gasteiger partial charge in [0.1, 0.15) is 0 Å². The largest absolute Gasteiger partial charge is 0.465 e. The number of hydrogen-bond acceptors (Lipinski definition) is 4. The van der Waals surface area contributed by atoms with Crippen LogP contribution in [0.2, 0.25) is 0 Å². The molecule has 0 saturated heterocycles. The molecular weight excluding hydrogens is 288 g/mol. The minimum Gasteiger partial charge on any atom is -0.465 e. The molecule has 1 aromatic carbocycles. The Kier molecular flexibility index (Phi) is 8.19. The van der Waals surface area contributed by atoms with E-state index < -0.39 is 6.09 Å². The van der Waals surface area contributed by atoms with Crippen LogP contribution in [-0.4, -0.2) is 40.2 Å². The normalized spacial score (nSPS) is 11.1. The van der Waals surface area contributed by atoms with Gasteiger partial charge in [0, 0.05) is 24.5 Å². The topological polar surface area (TPSA) is 72.8 Å². The van der Waals surface area contributed by atoms with Crippen molar-refractivity contribution in [1.82, 2.24) is 9.62 Å². The quantitative estimate of drug-likeness (QED) is 0.483. The highest BCUT2D eigenvalue weighted by Gasteiger charge is 2.09. The zero-order chi connectivity index (χ0) is 15.7. The lowest BCUT2D eigenvalue weighted by Gasteiger charge is -2.23. The molecule has 0 aliphatic carbocycles. The summed E-state index contributed by atoms with van der Waals surface area (Å²) in [6.07, 6.45) is -0.196. The number of amides is 1. The number of rotatable bonds is 9. The molecule has 0 aromatic heterocycles. The summed E-state index contributed by atoms with van der Waals surface area (Å²) >= 11 is 1.67. The monoisotopic (exact) mass is 312 g/mol. The van der Waals surface area contributed by atoms with Crippen LogP contribution < -0.4 is 5.32 Å². The molecule has 0 fully saturated rings. The molecule has 3 N–H and O–H groups in total. The van der Waals surface area contributed by atoms with Crippen LogP contribution in [0.3, 0.4) is 0 Å². The van der Waals surface area contributed by atoms with E-state index in [4.69, 9.17) is 10.2 Å². The highest BCUT2D eigenvalue weighted by molar-refractivity contribution is 7.97. The average molecular weight is 312 g/mol. The predicted molar refractivity (Wildman–Crippen MR) is 85.3 cm³/mol. The Hall–Kier alpha value is -1.24. The van der Waals surface area contributed by atoms with E-state index in [1.807, 2.05) is 24.3 Å². The van der Waals surface area contributed by atoms with E-state index in [-0.39, 0.29) is 6.61 Å². The second-order valence-electron chi connectivity index (χ2n) is 5.26. The summed E-state index contributed by atoms with van der Waals surface area (Å²) in [6.45, 7) is 6.62. The third-order valence-corrected chi connectivity index (χ3v) is 3.84. The first-order chi connectivity index (χ1) is 10.0. The third-order valence-electron chi connectivity index (χ3n) is 2.77. The van der Waals surface area contributed by atoms with Crippen LogP contribution in [0.4, 0.5) is 4.79 Å². The van der Waals surface area contributed by atoms with Crippen LogP contribution >= 0.6 is 11.9 Å². The molecule has 1 amide bonds. The third kappa shape index (κ3) is 7.94. The van der Waals surface area contributed by atoms with Gasteiger partial charge in [-0.25, -0.2) is 9.10 Å². The van der Waals surface area contributed by atoms with Crippen molar-refractivity contribution in [2.75, 3.05) is 19.6 Å². The minimum atomic E-state index is -0.974. The van der Waals surface area contributed by atoms with Gasteiger partial charge in [-0.3, -0.25) is 0 Å². The number of hydrogen-bond donors (Lipinski definition) is 3. The van der Waals surface area contributed by atoms with Crippen molar-refractivity contribution in [3.05, 3.63) is 29.8 Å². The van der Waals surface area contributed by atoms with Crippen molar-refractivity contribution >= 4 is 18.0 Å². The van der Waals surface area contributed by atoms with Crippen LogP contribution in [0.25, 0.3) is 0 Å². The van der Waals surface area contributed by atoms with Crippen molar-refractivity contribution in [2.45, 2.75) is 31.8 Å². The number of aliphatic hydroxyl groups is 1. The molecule has 0 atom stereocenters. The summed E-state index contributed by atoms with van der Waals surface area (Å²) in [4.78, 5) is 11.5. The zero-order valence-corrected chi connectivity index (χ0v) is 13.4. The number of carboxylic acid groups (broad SMARTS) is 1. The molecule has 21 heavy (non-hydrogen) atoms. The zero-order valence-electron chi connectivity index (χ0n) is 12.6. The van der Waals surface area contributed by atoms with Gasteiger partial charge in [0.25, 0.3) is 0 Å². The molecule has 0 radical (unpaired) electrons. The molecule has 0 unspecified atom stereocenters. The summed E-state index contributed by atoms with van der Waals surface area (Å²) < 4.78 is 2.25. The Morgan fingerprint density at radius 3 is 2.52 bits per heavy atom. The molecule has 1 aromatic rings. The fourth-order valence-corrected chi connectivity index (χ4v) is 2.99. The van der Waals surface area contributed by atoms with Gasteiger partial charge >= 0.3 is 6.09 Å². The molecular formula is C15H24N2O3S. The maximum Gasteiger partial charge on any atom is 0.404 e. The van der Waals surface area contributed by atoms with Crippen molar-refractivity contribution < 1.29 is 15.0 Å². The molecule has 5 nitrogen and oxygen atoms in total. The summed E-state index contributed by atoms with van der Waals surface area (Å²) in [5, 5.41) is 20.0. The van der Waals surface area contributed by atoms with E-state index in [0.29, 0.717) is 12.5 Å². The van der Waals surface area contributed by atoms with E-state index in [1.165, 1.54) is 0 Å². The van der Waals surface area contributed by atoms with Gasteiger partial charge in [-0.2, -0.15) is 0 Å². The number of aliphatic hydroxyl groups excluding tert-OH is 1. The Balaban J connectivity index is 2.49. The number of benzene rings is 1. The summed E-state index contributed by atoms with van der Waals surface area (Å²) in [5.41, 5.74) is 0.903. The van der Waals surface area contributed by atoms with E-state index in [0.717, 1.165) is 30.0 Å². The Morgan fingerprint density at radius 2 is 2.00 bits per heavy atom. The highest BCUT2D eigenvalue weighted by Crippen LogP contribution is 2.24. The van der Waals surface area contributed by atoms with E-state index >= 15 is 0 Å². The van der Waals surface area contributed by atoms with Gasteiger partial charge in [-0.05, 0) is 42.0 Å². The second kappa shape index (κ2) is 9.65. The van der Waals surface area contributed by atoms with Crippen LogP contribution in [0.15, 0.2) is 29.2 Å². The van der Waals surface area contributed by atoms with Gasteiger partial charge in [-0.1, -0.05) is 26.0 Å². The molecule has 6 heteroatoms.